The minimum absolute atomic E-state index is 0.0439. The molecule has 0 amide bonds. The zero-order chi connectivity index (χ0) is 29.6. The van der Waals surface area contributed by atoms with Crippen molar-refractivity contribution in [2.24, 2.45) is 4.99 Å². The topological polar surface area (TPSA) is 88.4 Å². The Bertz CT molecular complexity index is 1820. The van der Waals surface area contributed by atoms with E-state index in [1.807, 2.05) is 60.7 Å². The van der Waals surface area contributed by atoms with Crippen molar-refractivity contribution in [1.29, 1.82) is 0 Å². The Kier molecular flexibility index (Phi) is 8.68. The van der Waals surface area contributed by atoms with Crippen molar-refractivity contribution in [1.82, 2.24) is 4.57 Å². The van der Waals surface area contributed by atoms with Crippen molar-refractivity contribution < 1.29 is 23.7 Å². The molecule has 4 aromatic rings. The molecule has 1 aliphatic heterocycles. The Morgan fingerprint density at radius 1 is 1.02 bits per heavy atom. The van der Waals surface area contributed by atoms with E-state index in [1.165, 1.54) is 17.4 Å². The molecule has 1 aliphatic rings. The van der Waals surface area contributed by atoms with Gasteiger partial charge in [0.1, 0.15) is 19.0 Å². The number of hydrogen-bond acceptors (Lipinski definition) is 8. The zero-order valence-corrected chi connectivity index (χ0v) is 24.4. The van der Waals surface area contributed by atoms with Crippen LogP contribution in [-0.2, 0) is 16.1 Å². The minimum Gasteiger partial charge on any atom is -0.497 e. The fourth-order valence-electron chi connectivity index (χ4n) is 4.68. The summed E-state index contributed by atoms with van der Waals surface area (Å²) in [6, 6.07) is 21.9. The summed E-state index contributed by atoms with van der Waals surface area (Å²) in [5.74, 6) is 1.25. The largest absolute Gasteiger partial charge is 0.497 e. The molecule has 0 saturated heterocycles. The molecule has 9 heteroatoms. The van der Waals surface area contributed by atoms with Gasteiger partial charge in [-0.1, -0.05) is 72.5 Å². The number of methoxy groups -OCH3 is 2. The van der Waals surface area contributed by atoms with E-state index in [0.29, 0.717) is 44.5 Å². The lowest BCUT2D eigenvalue weighted by atomic mass is 9.96. The smallest absolute Gasteiger partial charge is 0.338 e. The molecule has 214 valence electrons. The van der Waals surface area contributed by atoms with Gasteiger partial charge in [-0.05, 0) is 54.0 Å². The zero-order valence-electron chi connectivity index (χ0n) is 23.5. The molecule has 5 rings (SSSR count). The highest BCUT2D eigenvalue weighted by molar-refractivity contribution is 7.07. The Balaban J connectivity index is 1.55. The van der Waals surface area contributed by atoms with Crippen LogP contribution in [0.15, 0.2) is 107 Å². The molecule has 3 aromatic carbocycles. The summed E-state index contributed by atoms with van der Waals surface area (Å²) < 4.78 is 24.3. The molecule has 0 N–H and O–H groups in total. The van der Waals surface area contributed by atoms with E-state index in [1.54, 1.807) is 43.9 Å². The first-order valence-electron chi connectivity index (χ1n) is 13.2. The molecule has 2 heterocycles. The average molecular weight is 583 g/mol. The SMILES string of the molecule is C=CCOC(=O)C1=C(C)N=c2s/c(=C\c3ccc(OCc4ccccc4)c(OC)c3)c(=O)n2[C@H]1c1ccc(OC)cc1. The van der Waals surface area contributed by atoms with E-state index in [0.717, 1.165) is 16.7 Å². The second-order valence-corrected chi connectivity index (χ2v) is 10.4. The number of hydrogen-bond donors (Lipinski definition) is 0. The van der Waals surface area contributed by atoms with E-state index in [9.17, 15) is 9.59 Å². The maximum absolute atomic E-state index is 13.9. The number of rotatable bonds is 10. The van der Waals surface area contributed by atoms with Crippen LogP contribution in [0, 0.1) is 0 Å². The first-order valence-corrected chi connectivity index (χ1v) is 14.0. The minimum atomic E-state index is -0.727. The van der Waals surface area contributed by atoms with Gasteiger partial charge in [0.25, 0.3) is 5.56 Å². The molecule has 0 spiro atoms. The van der Waals surface area contributed by atoms with Crippen molar-refractivity contribution in [3.05, 3.63) is 133 Å². The Labute approximate surface area is 247 Å². The van der Waals surface area contributed by atoms with E-state index in [4.69, 9.17) is 18.9 Å². The third kappa shape index (κ3) is 5.91. The Morgan fingerprint density at radius 2 is 1.79 bits per heavy atom. The second kappa shape index (κ2) is 12.7. The summed E-state index contributed by atoms with van der Waals surface area (Å²) in [5, 5.41) is 0. The van der Waals surface area contributed by atoms with Gasteiger partial charge in [-0.25, -0.2) is 9.79 Å². The van der Waals surface area contributed by atoms with E-state index < -0.39 is 12.0 Å². The maximum atomic E-state index is 13.9. The summed E-state index contributed by atoms with van der Waals surface area (Å²) >= 11 is 1.25. The monoisotopic (exact) mass is 582 g/mol. The standard InChI is InChI=1S/C33H30N2O6S/c1-5-17-40-32(37)29-21(2)34-33-35(30(29)24-12-14-25(38-3)15-13-24)31(36)28(42-33)19-23-11-16-26(27(18-23)39-4)41-20-22-9-7-6-8-10-22/h5-16,18-19,30H,1,17,20H2,2-4H3/b28-19-/t30-/m0/s1. The van der Waals surface area contributed by atoms with Gasteiger partial charge in [0.2, 0.25) is 0 Å². The number of thiazole rings is 1. The number of aromatic nitrogens is 1. The van der Waals surface area contributed by atoms with Crippen molar-refractivity contribution in [3.63, 3.8) is 0 Å². The van der Waals surface area contributed by atoms with Crippen LogP contribution in [0.3, 0.4) is 0 Å². The molecule has 8 nitrogen and oxygen atoms in total. The van der Waals surface area contributed by atoms with Crippen LogP contribution < -0.4 is 29.1 Å². The quantitative estimate of drug-likeness (QED) is 0.201. The van der Waals surface area contributed by atoms with E-state index >= 15 is 0 Å². The van der Waals surface area contributed by atoms with Crippen LogP contribution in [0.4, 0.5) is 0 Å². The summed E-state index contributed by atoms with van der Waals surface area (Å²) in [7, 11) is 3.16. The number of carbonyl (C=O) groups excluding carboxylic acids is 1. The summed E-state index contributed by atoms with van der Waals surface area (Å²) in [6.07, 6.45) is 3.28. The van der Waals surface area contributed by atoms with Gasteiger partial charge in [-0.3, -0.25) is 9.36 Å². The van der Waals surface area contributed by atoms with Crippen LogP contribution in [-0.4, -0.2) is 31.4 Å². The number of carbonyl (C=O) groups is 1. The predicted molar refractivity (Wildman–Crippen MR) is 162 cm³/mol. The lowest BCUT2D eigenvalue weighted by Crippen LogP contribution is -2.39. The molecule has 0 fully saturated rings. The number of fused-ring (bicyclic) bond motifs is 1. The fraction of sp³-hybridized carbons (Fsp3) is 0.182. The van der Waals surface area contributed by atoms with Crippen molar-refractivity contribution in [3.8, 4) is 17.2 Å². The third-order valence-corrected chi connectivity index (χ3v) is 7.71. The molecule has 0 radical (unpaired) electrons. The average Bonchev–Trinajstić information content (AvgIpc) is 3.32. The molecular formula is C33H30N2O6S. The van der Waals surface area contributed by atoms with Crippen LogP contribution in [0.1, 0.15) is 29.7 Å². The van der Waals surface area contributed by atoms with E-state index in [-0.39, 0.29) is 12.2 Å². The summed E-state index contributed by atoms with van der Waals surface area (Å²) in [5.41, 5.74) is 3.03. The lowest BCUT2D eigenvalue weighted by Gasteiger charge is -2.24. The molecule has 0 aliphatic carbocycles. The number of ether oxygens (including phenoxy) is 4. The molecule has 0 unspecified atom stereocenters. The van der Waals surface area contributed by atoms with Gasteiger partial charge in [-0.15, -0.1) is 0 Å². The van der Waals surface area contributed by atoms with Crippen LogP contribution in [0.5, 0.6) is 17.2 Å². The van der Waals surface area contributed by atoms with Gasteiger partial charge >= 0.3 is 5.97 Å². The molecular weight excluding hydrogens is 552 g/mol. The van der Waals surface area contributed by atoms with Crippen LogP contribution >= 0.6 is 11.3 Å². The van der Waals surface area contributed by atoms with Gasteiger partial charge < -0.3 is 18.9 Å². The van der Waals surface area contributed by atoms with Gasteiger partial charge in [-0.2, -0.15) is 0 Å². The fourth-order valence-corrected chi connectivity index (χ4v) is 5.72. The van der Waals surface area contributed by atoms with E-state index in [2.05, 4.69) is 11.6 Å². The first kappa shape index (κ1) is 28.6. The predicted octanol–water partition coefficient (Wildman–Crippen LogP) is 4.56. The number of esters is 1. The number of allylic oxidation sites excluding steroid dienone is 1. The summed E-state index contributed by atoms with van der Waals surface area (Å²) in [4.78, 5) is 32.2. The summed E-state index contributed by atoms with van der Waals surface area (Å²) in [6.45, 7) is 5.81. The molecule has 42 heavy (non-hydrogen) atoms. The highest BCUT2D eigenvalue weighted by atomic mass is 32.1. The van der Waals surface area contributed by atoms with Crippen molar-refractivity contribution >= 4 is 23.4 Å². The lowest BCUT2D eigenvalue weighted by molar-refractivity contribution is -0.138. The number of benzene rings is 3. The van der Waals surface area contributed by atoms with Gasteiger partial charge in [0.05, 0.1) is 36.1 Å². The van der Waals surface area contributed by atoms with Gasteiger partial charge in [0.15, 0.2) is 16.3 Å². The molecule has 0 bridgehead atoms. The Hall–Kier alpha value is -4.89. The number of nitrogens with zero attached hydrogens (tertiary/aromatic N) is 2. The highest BCUT2D eigenvalue weighted by Crippen LogP contribution is 2.32. The van der Waals surface area contributed by atoms with Crippen molar-refractivity contribution in [2.75, 3.05) is 20.8 Å². The molecule has 0 saturated carbocycles. The molecule has 1 atom stereocenters. The van der Waals surface area contributed by atoms with Crippen LogP contribution in [0.2, 0.25) is 0 Å². The molecule has 1 aromatic heterocycles. The van der Waals surface area contributed by atoms with Crippen LogP contribution in [0.25, 0.3) is 6.08 Å². The first-order chi connectivity index (χ1) is 20.4. The second-order valence-electron chi connectivity index (χ2n) is 9.43. The normalized spacial score (nSPS) is 14.5. The maximum Gasteiger partial charge on any atom is 0.338 e. The third-order valence-electron chi connectivity index (χ3n) is 6.73. The highest BCUT2D eigenvalue weighted by Gasteiger charge is 2.33. The van der Waals surface area contributed by atoms with Crippen molar-refractivity contribution in [2.45, 2.75) is 19.6 Å². The Morgan fingerprint density at radius 3 is 2.48 bits per heavy atom. The van der Waals surface area contributed by atoms with Gasteiger partial charge in [0, 0.05) is 0 Å².